The van der Waals surface area contributed by atoms with E-state index in [1.165, 1.54) is 10.5 Å². The van der Waals surface area contributed by atoms with Crippen LogP contribution < -0.4 is 5.32 Å². The summed E-state index contributed by atoms with van der Waals surface area (Å²) in [5.41, 5.74) is 6.51. The van der Waals surface area contributed by atoms with Gasteiger partial charge in [-0.05, 0) is 49.7 Å². The molecule has 26 heavy (non-hydrogen) atoms. The fraction of sp³-hybridized carbons (Fsp3) is 0.200. The van der Waals surface area contributed by atoms with Crippen molar-refractivity contribution in [1.82, 2.24) is 9.78 Å². The molecule has 1 N–H and O–H groups in total. The van der Waals surface area contributed by atoms with Gasteiger partial charge in [0.15, 0.2) is 5.69 Å². The summed E-state index contributed by atoms with van der Waals surface area (Å²) >= 11 is 7.74. The molecule has 2 aromatic carbocycles. The predicted octanol–water partition coefficient (Wildman–Crippen LogP) is 5.22. The first-order valence-corrected chi connectivity index (χ1v) is 9.67. The van der Waals surface area contributed by atoms with Gasteiger partial charge in [-0.1, -0.05) is 23.2 Å². The highest BCUT2D eigenvalue weighted by Crippen LogP contribution is 2.43. The van der Waals surface area contributed by atoms with Crippen molar-refractivity contribution in [3.63, 3.8) is 0 Å². The van der Waals surface area contributed by atoms with Crippen molar-refractivity contribution in [3.8, 4) is 11.3 Å². The first-order chi connectivity index (χ1) is 12.4. The molecule has 0 fully saturated rings. The van der Waals surface area contributed by atoms with Crippen LogP contribution in [0.25, 0.3) is 11.3 Å². The van der Waals surface area contributed by atoms with Crippen molar-refractivity contribution in [2.24, 2.45) is 7.05 Å². The number of amides is 1. The number of hydrogen-bond acceptors (Lipinski definition) is 3. The normalized spacial score (nSPS) is 12.5. The van der Waals surface area contributed by atoms with Gasteiger partial charge in [0, 0.05) is 39.5 Å². The van der Waals surface area contributed by atoms with Gasteiger partial charge in [0.25, 0.3) is 5.91 Å². The molecular weight excluding hydrogens is 366 g/mol. The summed E-state index contributed by atoms with van der Waals surface area (Å²) in [7, 11) is 1.89. The lowest BCUT2D eigenvalue weighted by Crippen LogP contribution is -2.15. The molecule has 0 saturated heterocycles. The molecule has 0 unspecified atom stereocenters. The van der Waals surface area contributed by atoms with Crippen LogP contribution in [0.1, 0.15) is 27.2 Å². The van der Waals surface area contributed by atoms with Crippen LogP contribution >= 0.6 is 23.4 Å². The van der Waals surface area contributed by atoms with Crippen molar-refractivity contribution in [3.05, 3.63) is 63.8 Å². The second kappa shape index (κ2) is 6.49. The summed E-state index contributed by atoms with van der Waals surface area (Å²) in [6.07, 6.45) is 0. The molecule has 1 aromatic heterocycles. The second-order valence-corrected chi connectivity index (χ2v) is 7.95. The molecule has 1 amide bonds. The van der Waals surface area contributed by atoms with E-state index >= 15 is 0 Å². The maximum absolute atomic E-state index is 12.9. The number of aromatic nitrogens is 2. The first kappa shape index (κ1) is 17.2. The Morgan fingerprint density at radius 1 is 1.23 bits per heavy atom. The number of carbonyl (C=O) groups is 1. The van der Waals surface area contributed by atoms with Crippen molar-refractivity contribution in [2.75, 3.05) is 5.32 Å². The zero-order chi connectivity index (χ0) is 18.4. The third-order valence-electron chi connectivity index (χ3n) is 4.56. The van der Waals surface area contributed by atoms with E-state index in [0.29, 0.717) is 10.7 Å². The number of fused-ring (bicyclic) bond motifs is 3. The summed E-state index contributed by atoms with van der Waals surface area (Å²) in [4.78, 5) is 14.1. The Morgan fingerprint density at radius 2 is 2.04 bits per heavy atom. The fourth-order valence-electron chi connectivity index (χ4n) is 3.28. The number of benzene rings is 2. The lowest BCUT2D eigenvalue weighted by atomic mass is 10.0. The van der Waals surface area contributed by atoms with Gasteiger partial charge < -0.3 is 5.32 Å². The highest BCUT2D eigenvalue weighted by Gasteiger charge is 2.28. The zero-order valence-corrected chi connectivity index (χ0v) is 16.3. The average molecular weight is 384 g/mol. The van der Waals surface area contributed by atoms with Gasteiger partial charge in [-0.3, -0.25) is 9.48 Å². The number of carbonyl (C=O) groups excluding carboxylic acids is 1. The minimum atomic E-state index is -0.191. The molecule has 0 atom stereocenters. The number of halogens is 1. The highest BCUT2D eigenvalue weighted by molar-refractivity contribution is 7.98. The molecule has 0 bridgehead atoms. The Morgan fingerprint density at radius 3 is 2.81 bits per heavy atom. The van der Waals surface area contributed by atoms with Gasteiger partial charge >= 0.3 is 0 Å². The van der Waals surface area contributed by atoms with E-state index in [1.807, 2.05) is 30.8 Å². The van der Waals surface area contributed by atoms with Crippen molar-refractivity contribution >= 4 is 35.0 Å². The number of hydrogen-bond donors (Lipinski definition) is 1. The van der Waals surface area contributed by atoms with Crippen LogP contribution in [-0.2, 0) is 12.8 Å². The van der Waals surface area contributed by atoms with Crippen molar-refractivity contribution in [2.45, 2.75) is 24.5 Å². The monoisotopic (exact) mass is 383 g/mol. The summed E-state index contributed by atoms with van der Waals surface area (Å²) in [5, 5.41) is 8.15. The van der Waals surface area contributed by atoms with Crippen molar-refractivity contribution in [1.29, 1.82) is 0 Å². The molecule has 4 rings (SSSR count). The molecule has 2 heterocycles. The van der Waals surface area contributed by atoms with Gasteiger partial charge in [0.2, 0.25) is 0 Å². The van der Waals surface area contributed by atoms with Crippen LogP contribution in [0.5, 0.6) is 0 Å². The summed E-state index contributed by atoms with van der Waals surface area (Å²) in [5.74, 6) is 0.547. The molecular formula is C20H18ClN3OS. The van der Waals surface area contributed by atoms with E-state index < -0.39 is 0 Å². The maximum Gasteiger partial charge on any atom is 0.276 e. The van der Waals surface area contributed by atoms with E-state index in [1.54, 1.807) is 17.8 Å². The molecule has 6 heteroatoms. The van der Waals surface area contributed by atoms with Gasteiger partial charge in [-0.2, -0.15) is 5.10 Å². The molecule has 0 spiro atoms. The van der Waals surface area contributed by atoms with E-state index in [0.717, 1.165) is 33.8 Å². The Hall–Kier alpha value is -2.24. The third kappa shape index (κ3) is 2.91. The van der Waals surface area contributed by atoms with Crippen LogP contribution in [-0.4, -0.2) is 15.7 Å². The molecule has 0 saturated carbocycles. The smallest absolute Gasteiger partial charge is 0.276 e. The average Bonchev–Trinajstić information content (AvgIpc) is 2.94. The summed E-state index contributed by atoms with van der Waals surface area (Å²) < 4.78 is 1.82. The third-order valence-corrected chi connectivity index (χ3v) is 5.89. The number of thioether (sulfide) groups is 1. The van der Waals surface area contributed by atoms with Crippen LogP contribution in [0.4, 0.5) is 5.69 Å². The van der Waals surface area contributed by atoms with Crippen LogP contribution in [0.2, 0.25) is 5.02 Å². The summed E-state index contributed by atoms with van der Waals surface area (Å²) in [6.45, 7) is 4.00. The number of anilines is 1. The minimum absolute atomic E-state index is 0.191. The van der Waals surface area contributed by atoms with E-state index in [2.05, 4.69) is 35.5 Å². The SMILES string of the molecule is Cc1ccc2c(c1)-c1c(c(C(=O)Nc3ccc(Cl)cc3C)nn1C)CS2. The standard InChI is InChI=1S/C20H18ClN3OS/c1-11-4-7-17-14(8-11)19-15(10-26-17)18(23-24(19)3)20(25)22-16-6-5-13(21)9-12(16)2/h4-9H,10H2,1-3H3,(H,22,25). The molecule has 3 aromatic rings. The van der Waals surface area contributed by atoms with E-state index in [-0.39, 0.29) is 5.91 Å². The van der Waals surface area contributed by atoms with Crippen LogP contribution in [0.3, 0.4) is 0 Å². The van der Waals surface area contributed by atoms with Gasteiger partial charge in [0.05, 0.1) is 5.69 Å². The number of aryl methyl sites for hydroxylation is 3. The van der Waals surface area contributed by atoms with E-state index in [4.69, 9.17) is 11.6 Å². The lowest BCUT2D eigenvalue weighted by molar-refractivity contribution is 0.102. The van der Waals surface area contributed by atoms with Crippen LogP contribution in [0, 0.1) is 13.8 Å². The molecule has 4 nitrogen and oxygen atoms in total. The topological polar surface area (TPSA) is 46.9 Å². The van der Waals surface area contributed by atoms with Crippen LogP contribution in [0.15, 0.2) is 41.3 Å². The largest absolute Gasteiger partial charge is 0.320 e. The zero-order valence-electron chi connectivity index (χ0n) is 14.8. The van der Waals surface area contributed by atoms with E-state index in [9.17, 15) is 4.79 Å². The molecule has 1 aliphatic rings. The lowest BCUT2D eigenvalue weighted by Gasteiger charge is -2.18. The molecule has 1 aliphatic heterocycles. The Kier molecular flexibility index (Phi) is 4.29. The Balaban J connectivity index is 1.73. The molecule has 0 radical (unpaired) electrons. The fourth-order valence-corrected chi connectivity index (χ4v) is 4.55. The second-order valence-electron chi connectivity index (χ2n) is 6.50. The number of nitrogens with zero attached hydrogens (tertiary/aromatic N) is 2. The van der Waals surface area contributed by atoms with Crippen molar-refractivity contribution < 1.29 is 4.79 Å². The van der Waals surface area contributed by atoms with Gasteiger partial charge in [-0.15, -0.1) is 11.8 Å². The maximum atomic E-state index is 12.9. The predicted molar refractivity (Wildman–Crippen MR) is 107 cm³/mol. The minimum Gasteiger partial charge on any atom is -0.320 e. The Labute approximate surface area is 161 Å². The molecule has 132 valence electrons. The molecule has 0 aliphatic carbocycles. The van der Waals surface area contributed by atoms with Gasteiger partial charge in [0.1, 0.15) is 0 Å². The van der Waals surface area contributed by atoms with Gasteiger partial charge in [-0.25, -0.2) is 0 Å². The first-order valence-electron chi connectivity index (χ1n) is 8.31. The summed E-state index contributed by atoms with van der Waals surface area (Å²) in [6, 6.07) is 11.8. The Bertz CT molecular complexity index is 1040. The quantitative estimate of drug-likeness (QED) is 0.660. The number of rotatable bonds is 2. The number of nitrogens with one attached hydrogen (secondary N) is 1. The highest BCUT2D eigenvalue weighted by atomic mass is 35.5.